The molecule has 1 heterocycles. The Morgan fingerprint density at radius 2 is 2.05 bits per heavy atom. The number of nitrogens with one attached hydrogen (secondary N) is 1. The molecule has 0 atom stereocenters. The molecule has 0 saturated carbocycles. The molecule has 1 aromatic heterocycles. The lowest BCUT2D eigenvalue weighted by atomic mass is 10.1. The largest absolute Gasteiger partial charge is 0.451 e. The van der Waals surface area contributed by atoms with E-state index < -0.39 is 5.97 Å². The smallest absolute Gasteiger partial charge is 0.355 e. The number of ether oxygens (including phenoxy) is 1. The predicted octanol–water partition coefficient (Wildman–Crippen LogP) is 1.16. The number of carbonyl (C=O) groups is 2. The second-order valence-corrected chi connectivity index (χ2v) is 5.32. The molecule has 106 valence electrons. The van der Waals surface area contributed by atoms with Gasteiger partial charge in [-0.3, -0.25) is 4.79 Å². The van der Waals surface area contributed by atoms with Gasteiger partial charge in [-0.1, -0.05) is 0 Å². The second-order valence-electron chi connectivity index (χ2n) is 5.32. The summed E-state index contributed by atoms with van der Waals surface area (Å²) in [7, 11) is 0. The maximum absolute atomic E-state index is 11.8. The fourth-order valence-corrected chi connectivity index (χ4v) is 1.62. The third-order valence-corrected chi connectivity index (χ3v) is 2.32. The summed E-state index contributed by atoms with van der Waals surface area (Å²) in [5.74, 6) is -0.883. The summed E-state index contributed by atoms with van der Waals surface area (Å²) in [6.07, 6.45) is 1.66. The Kier molecular flexibility index (Phi) is 4.58. The molecule has 1 aromatic rings. The predicted molar refractivity (Wildman–Crippen MR) is 72.7 cm³/mol. The quantitative estimate of drug-likeness (QED) is 0.801. The van der Waals surface area contributed by atoms with Crippen LogP contribution >= 0.6 is 0 Å². The maximum atomic E-state index is 11.8. The van der Waals surface area contributed by atoms with Gasteiger partial charge in [0.15, 0.2) is 6.61 Å². The molecule has 19 heavy (non-hydrogen) atoms. The number of anilines is 1. The van der Waals surface area contributed by atoms with Gasteiger partial charge in [0.05, 0.1) is 5.69 Å². The summed E-state index contributed by atoms with van der Waals surface area (Å²) in [6, 6.07) is 1.54. The first-order valence-electron chi connectivity index (χ1n) is 6.16. The average Bonchev–Trinajstić information content (AvgIpc) is 2.65. The molecule has 0 aliphatic rings. The van der Waals surface area contributed by atoms with Crippen LogP contribution in [0.4, 0.5) is 5.69 Å². The van der Waals surface area contributed by atoms with Crippen molar-refractivity contribution in [2.75, 3.05) is 12.3 Å². The third-order valence-electron chi connectivity index (χ3n) is 2.32. The number of nitrogens with zero attached hydrogens (tertiary/aromatic N) is 1. The Morgan fingerprint density at radius 1 is 1.42 bits per heavy atom. The number of hydrogen-bond acceptors (Lipinski definition) is 4. The van der Waals surface area contributed by atoms with E-state index in [1.54, 1.807) is 10.8 Å². The highest BCUT2D eigenvalue weighted by Crippen LogP contribution is 2.11. The number of carbonyl (C=O) groups excluding carboxylic acids is 2. The van der Waals surface area contributed by atoms with E-state index in [4.69, 9.17) is 10.5 Å². The van der Waals surface area contributed by atoms with E-state index >= 15 is 0 Å². The van der Waals surface area contributed by atoms with Crippen LogP contribution in [-0.4, -0.2) is 28.6 Å². The van der Waals surface area contributed by atoms with E-state index in [0.717, 1.165) is 0 Å². The highest BCUT2D eigenvalue weighted by atomic mass is 16.5. The monoisotopic (exact) mass is 267 g/mol. The summed E-state index contributed by atoms with van der Waals surface area (Å²) < 4.78 is 6.64. The molecule has 0 aromatic carbocycles. The van der Waals surface area contributed by atoms with Gasteiger partial charge in [0.1, 0.15) is 5.69 Å². The fraction of sp³-hybridized carbons (Fsp3) is 0.538. The van der Waals surface area contributed by atoms with Gasteiger partial charge in [0.25, 0.3) is 5.91 Å². The van der Waals surface area contributed by atoms with Crippen molar-refractivity contribution in [3.63, 3.8) is 0 Å². The Morgan fingerprint density at radius 3 is 2.58 bits per heavy atom. The summed E-state index contributed by atoms with van der Waals surface area (Å²) in [5.41, 5.74) is 6.12. The number of aromatic nitrogens is 1. The van der Waals surface area contributed by atoms with Crippen molar-refractivity contribution in [3.8, 4) is 0 Å². The van der Waals surface area contributed by atoms with Crippen LogP contribution < -0.4 is 11.1 Å². The molecule has 1 amide bonds. The van der Waals surface area contributed by atoms with Crippen LogP contribution in [0.2, 0.25) is 0 Å². The number of nitrogens with two attached hydrogens (primary N) is 1. The van der Waals surface area contributed by atoms with Crippen molar-refractivity contribution < 1.29 is 14.3 Å². The SMILES string of the molecule is CCn1cc(N)cc1C(=O)OCC(=O)NC(C)(C)C. The molecule has 0 spiro atoms. The van der Waals surface area contributed by atoms with E-state index in [9.17, 15) is 9.59 Å². The molecule has 0 unspecified atom stereocenters. The Bertz CT molecular complexity index is 472. The van der Waals surface area contributed by atoms with Gasteiger partial charge in [0.2, 0.25) is 0 Å². The lowest BCUT2D eigenvalue weighted by molar-refractivity contribution is -0.125. The molecular formula is C13H21N3O3. The third kappa shape index (κ3) is 4.65. The van der Waals surface area contributed by atoms with Crippen molar-refractivity contribution in [1.82, 2.24) is 9.88 Å². The molecule has 0 saturated heterocycles. The topological polar surface area (TPSA) is 86.3 Å². The van der Waals surface area contributed by atoms with Crippen molar-refractivity contribution in [3.05, 3.63) is 18.0 Å². The number of aryl methyl sites for hydroxylation is 1. The van der Waals surface area contributed by atoms with Crippen LogP contribution in [0.5, 0.6) is 0 Å². The minimum absolute atomic E-state index is 0.301. The lowest BCUT2D eigenvalue weighted by Crippen LogP contribution is -2.42. The van der Waals surface area contributed by atoms with Crippen molar-refractivity contribution in [2.45, 2.75) is 39.8 Å². The number of amides is 1. The van der Waals surface area contributed by atoms with Gasteiger partial charge in [0, 0.05) is 18.3 Å². The van der Waals surface area contributed by atoms with Crippen LogP contribution in [0, 0.1) is 0 Å². The number of esters is 1. The van der Waals surface area contributed by atoms with Crippen LogP contribution in [-0.2, 0) is 16.1 Å². The zero-order valence-electron chi connectivity index (χ0n) is 11.8. The minimum atomic E-state index is -0.553. The molecule has 1 rings (SSSR count). The van der Waals surface area contributed by atoms with Crippen LogP contribution in [0.3, 0.4) is 0 Å². The van der Waals surface area contributed by atoms with Crippen molar-refractivity contribution in [1.29, 1.82) is 0 Å². The molecule has 0 fully saturated rings. The molecule has 6 nitrogen and oxygen atoms in total. The number of nitrogen functional groups attached to an aromatic ring is 1. The highest BCUT2D eigenvalue weighted by Gasteiger charge is 2.18. The molecule has 3 N–H and O–H groups in total. The number of hydrogen-bond donors (Lipinski definition) is 2. The Labute approximate surface area is 112 Å². The summed E-state index contributed by atoms with van der Waals surface area (Å²) in [5, 5.41) is 2.71. The highest BCUT2D eigenvalue weighted by molar-refractivity contribution is 5.91. The first kappa shape index (κ1) is 15.1. The van der Waals surface area contributed by atoms with Crippen molar-refractivity contribution in [2.24, 2.45) is 0 Å². The molecular weight excluding hydrogens is 246 g/mol. The van der Waals surface area contributed by atoms with E-state index in [0.29, 0.717) is 17.9 Å². The molecule has 0 aliphatic carbocycles. The number of rotatable bonds is 4. The summed E-state index contributed by atoms with van der Waals surface area (Å²) in [6.45, 7) is 7.77. The van der Waals surface area contributed by atoms with Gasteiger partial charge in [-0.15, -0.1) is 0 Å². The van der Waals surface area contributed by atoms with Gasteiger partial charge < -0.3 is 20.4 Å². The lowest BCUT2D eigenvalue weighted by Gasteiger charge is -2.20. The second kappa shape index (κ2) is 5.77. The zero-order chi connectivity index (χ0) is 14.6. The van der Waals surface area contributed by atoms with Crippen LogP contribution in [0.1, 0.15) is 38.2 Å². The molecule has 6 heteroatoms. The van der Waals surface area contributed by atoms with Gasteiger partial charge in [-0.2, -0.15) is 0 Å². The van der Waals surface area contributed by atoms with E-state index in [1.165, 1.54) is 6.07 Å². The van der Waals surface area contributed by atoms with Crippen LogP contribution in [0.25, 0.3) is 0 Å². The van der Waals surface area contributed by atoms with Gasteiger partial charge in [-0.25, -0.2) is 4.79 Å². The summed E-state index contributed by atoms with van der Waals surface area (Å²) >= 11 is 0. The first-order valence-corrected chi connectivity index (χ1v) is 6.16. The molecule has 0 bridgehead atoms. The van der Waals surface area contributed by atoms with Gasteiger partial charge in [-0.05, 0) is 33.8 Å². The van der Waals surface area contributed by atoms with E-state index in [1.807, 2.05) is 27.7 Å². The first-order chi connectivity index (χ1) is 8.73. The molecule has 0 radical (unpaired) electrons. The normalized spacial score (nSPS) is 11.2. The standard InChI is InChI=1S/C13H21N3O3/c1-5-16-7-9(14)6-10(16)12(18)19-8-11(17)15-13(2,3)4/h6-7H,5,8,14H2,1-4H3,(H,15,17). The van der Waals surface area contributed by atoms with Crippen molar-refractivity contribution >= 4 is 17.6 Å². The van der Waals surface area contributed by atoms with Gasteiger partial charge >= 0.3 is 5.97 Å². The van der Waals surface area contributed by atoms with E-state index in [-0.39, 0.29) is 18.1 Å². The zero-order valence-corrected chi connectivity index (χ0v) is 11.8. The maximum Gasteiger partial charge on any atom is 0.355 e. The Hall–Kier alpha value is -1.98. The minimum Gasteiger partial charge on any atom is -0.451 e. The van der Waals surface area contributed by atoms with E-state index in [2.05, 4.69) is 5.32 Å². The van der Waals surface area contributed by atoms with Crippen LogP contribution in [0.15, 0.2) is 12.3 Å². The fourth-order valence-electron chi connectivity index (χ4n) is 1.62. The average molecular weight is 267 g/mol. The summed E-state index contributed by atoms with van der Waals surface area (Å²) in [4.78, 5) is 23.4. The molecule has 0 aliphatic heterocycles. The Balaban J connectivity index is 2.58.